The lowest BCUT2D eigenvalue weighted by atomic mass is 9.96. The van der Waals surface area contributed by atoms with Crippen LogP contribution in [-0.2, 0) is 9.59 Å². The van der Waals surface area contributed by atoms with E-state index < -0.39 is 5.41 Å². The minimum absolute atomic E-state index is 0.236. The molecule has 0 rings (SSSR count). The van der Waals surface area contributed by atoms with Crippen LogP contribution in [0.2, 0.25) is 0 Å². The van der Waals surface area contributed by atoms with Gasteiger partial charge in [-0.3, -0.25) is 14.9 Å². The van der Waals surface area contributed by atoms with Gasteiger partial charge in [0.2, 0.25) is 11.8 Å². The van der Waals surface area contributed by atoms with Crippen LogP contribution >= 0.6 is 0 Å². The van der Waals surface area contributed by atoms with Crippen molar-refractivity contribution in [2.45, 2.75) is 27.7 Å². The fourth-order valence-corrected chi connectivity index (χ4v) is 0.347. The van der Waals surface area contributed by atoms with E-state index in [4.69, 9.17) is 0 Å². The Morgan fingerprint density at radius 2 is 1.60 bits per heavy atom. The fraction of sp³-hybridized carbons (Fsp3) is 0.714. The first-order valence-electron chi connectivity index (χ1n) is 3.16. The van der Waals surface area contributed by atoms with Crippen molar-refractivity contribution in [1.82, 2.24) is 5.32 Å². The predicted molar refractivity (Wildman–Crippen MR) is 38.3 cm³/mol. The van der Waals surface area contributed by atoms with Gasteiger partial charge in [-0.25, -0.2) is 0 Å². The standard InChI is InChI=1S/C7H13NO2/c1-5(9)8-6(10)7(2,3)4/h1-4H3,(H,8,9,10). The maximum atomic E-state index is 10.9. The molecule has 0 aliphatic heterocycles. The van der Waals surface area contributed by atoms with Crippen LogP contribution in [0.3, 0.4) is 0 Å². The highest BCUT2D eigenvalue weighted by molar-refractivity contribution is 5.96. The Morgan fingerprint density at radius 3 is 1.70 bits per heavy atom. The van der Waals surface area contributed by atoms with Crippen molar-refractivity contribution in [2.24, 2.45) is 5.41 Å². The smallest absolute Gasteiger partial charge is 0.231 e. The van der Waals surface area contributed by atoms with Gasteiger partial charge in [-0.05, 0) is 0 Å². The monoisotopic (exact) mass is 143 g/mol. The molecule has 1 N–H and O–H groups in total. The molecule has 3 heteroatoms. The van der Waals surface area contributed by atoms with E-state index in [1.807, 2.05) is 0 Å². The molecule has 10 heavy (non-hydrogen) atoms. The summed E-state index contributed by atoms with van der Waals surface area (Å²) in [5, 5.41) is 2.20. The zero-order chi connectivity index (χ0) is 8.36. The van der Waals surface area contributed by atoms with Crippen LogP contribution in [0.4, 0.5) is 0 Å². The molecule has 0 aliphatic carbocycles. The van der Waals surface area contributed by atoms with Crippen molar-refractivity contribution in [1.29, 1.82) is 0 Å². The van der Waals surface area contributed by atoms with E-state index >= 15 is 0 Å². The minimum atomic E-state index is -0.480. The molecule has 0 fully saturated rings. The summed E-state index contributed by atoms with van der Waals surface area (Å²) in [6.45, 7) is 6.59. The van der Waals surface area contributed by atoms with Crippen LogP contribution in [0.5, 0.6) is 0 Å². The van der Waals surface area contributed by atoms with Crippen LogP contribution in [0.15, 0.2) is 0 Å². The van der Waals surface area contributed by atoms with Crippen LogP contribution in [0.25, 0.3) is 0 Å². The van der Waals surface area contributed by atoms with Crippen LogP contribution in [0.1, 0.15) is 27.7 Å². The molecule has 2 amide bonds. The van der Waals surface area contributed by atoms with Gasteiger partial charge < -0.3 is 0 Å². The van der Waals surface area contributed by atoms with Crippen molar-refractivity contribution < 1.29 is 9.59 Å². The molecule has 0 bridgehead atoms. The quantitative estimate of drug-likeness (QED) is 0.542. The molecular formula is C7H13NO2. The number of carbonyl (C=O) groups is 2. The fourth-order valence-electron chi connectivity index (χ4n) is 0.347. The SMILES string of the molecule is CC(=O)NC(=O)C(C)(C)C. The molecular weight excluding hydrogens is 130 g/mol. The Labute approximate surface area is 60.8 Å². The lowest BCUT2D eigenvalue weighted by Gasteiger charge is -2.15. The Balaban J connectivity index is 3.99. The molecule has 0 aromatic heterocycles. The van der Waals surface area contributed by atoms with Crippen molar-refractivity contribution >= 4 is 11.8 Å². The number of rotatable bonds is 0. The molecule has 0 unspecified atom stereocenters. The first-order chi connectivity index (χ1) is 4.34. The topological polar surface area (TPSA) is 46.2 Å². The molecule has 0 aromatic rings. The normalized spacial score (nSPS) is 10.8. The predicted octanol–water partition coefficient (Wildman–Crippen LogP) is 0.695. The van der Waals surface area contributed by atoms with E-state index in [1.54, 1.807) is 20.8 Å². The molecule has 3 nitrogen and oxygen atoms in total. The molecule has 0 heterocycles. The highest BCUT2D eigenvalue weighted by atomic mass is 16.2. The lowest BCUT2D eigenvalue weighted by molar-refractivity contribution is -0.134. The van der Waals surface area contributed by atoms with Crippen LogP contribution in [-0.4, -0.2) is 11.8 Å². The van der Waals surface area contributed by atoms with Gasteiger partial charge in [0.05, 0.1) is 0 Å². The van der Waals surface area contributed by atoms with Crippen molar-refractivity contribution in [3.63, 3.8) is 0 Å². The van der Waals surface area contributed by atoms with Crippen molar-refractivity contribution in [3.8, 4) is 0 Å². The second kappa shape index (κ2) is 2.82. The van der Waals surface area contributed by atoms with Gasteiger partial charge in [0, 0.05) is 12.3 Å². The molecule has 0 saturated heterocycles. The summed E-state index contributed by atoms with van der Waals surface area (Å²) in [6, 6.07) is 0. The summed E-state index contributed by atoms with van der Waals surface area (Å²) in [7, 11) is 0. The number of nitrogens with one attached hydrogen (secondary N) is 1. The third kappa shape index (κ3) is 3.22. The van der Waals surface area contributed by atoms with Gasteiger partial charge in [-0.15, -0.1) is 0 Å². The van der Waals surface area contributed by atoms with E-state index in [0.717, 1.165) is 0 Å². The van der Waals surface area contributed by atoms with Gasteiger partial charge in [-0.2, -0.15) is 0 Å². The Hall–Kier alpha value is -0.860. The summed E-state index contributed by atoms with van der Waals surface area (Å²) in [4.78, 5) is 21.3. The summed E-state index contributed by atoms with van der Waals surface area (Å²) in [6.07, 6.45) is 0. The van der Waals surface area contributed by atoms with Gasteiger partial charge in [0.1, 0.15) is 0 Å². The Bertz CT molecular complexity index is 155. The van der Waals surface area contributed by atoms with Crippen LogP contribution < -0.4 is 5.32 Å². The largest absolute Gasteiger partial charge is 0.296 e. The summed E-state index contributed by atoms with van der Waals surface area (Å²) >= 11 is 0. The summed E-state index contributed by atoms with van der Waals surface area (Å²) < 4.78 is 0. The van der Waals surface area contributed by atoms with E-state index in [1.165, 1.54) is 6.92 Å². The van der Waals surface area contributed by atoms with E-state index in [0.29, 0.717) is 0 Å². The molecule has 0 aromatic carbocycles. The van der Waals surface area contributed by atoms with Crippen LogP contribution in [0, 0.1) is 5.41 Å². The molecule has 0 atom stereocenters. The second-order valence-electron chi connectivity index (χ2n) is 3.26. The van der Waals surface area contributed by atoms with Crippen molar-refractivity contribution in [3.05, 3.63) is 0 Å². The Kier molecular flexibility index (Phi) is 2.57. The molecule has 0 aliphatic rings. The third-order valence-electron chi connectivity index (χ3n) is 0.971. The minimum Gasteiger partial charge on any atom is -0.296 e. The molecule has 0 saturated carbocycles. The first-order valence-corrected chi connectivity index (χ1v) is 3.16. The first kappa shape index (κ1) is 9.14. The molecule has 0 spiro atoms. The lowest BCUT2D eigenvalue weighted by Crippen LogP contribution is -2.37. The number of hydrogen-bond acceptors (Lipinski definition) is 2. The maximum Gasteiger partial charge on any atom is 0.231 e. The average molecular weight is 143 g/mol. The number of hydrogen-bond donors (Lipinski definition) is 1. The van der Waals surface area contributed by atoms with Gasteiger partial charge in [0.15, 0.2) is 0 Å². The van der Waals surface area contributed by atoms with Gasteiger partial charge >= 0.3 is 0 Å². The van der Waals surface area contributed by atoms with E-state index in [9.17, 15) is 9.59 Å². The average Bonchev–Trinajstić information content (AvgIpc) is 1.60. The highest BCUT2D eigenvalue weighted by Gasteiger charge is 2.21. The van der Waals surface area contributed by atoms with E-state index in [2.05, 4.69) is 5.32 Å². The second-order valence-corrected chi connectivity index (χ2v) is 3.26. The number of carbonyl (C=O) groups excluding carboxylic acids is 2. The van der Waals surface area contributed by atoms with Gasteiger partial charge in [0.25, 0.3) is 0 Å². The highest BCUT2D eigenvalue weighted by Crippen LogP contribution is 2.11. The molecule has 58 valence electrons. The maximum absolute atomic E-state index is 10.9. The number of imide groups is 1. The van der Waals surface area contributed by atoms with E-state index in [-0.39, 0.29) is 11.8 Å². The van der Waals surface area contributed by atoms with Gasteiger partial charge in [-0.1, -0.05) is 20.8 Å². The Morgan fingerprint density at radius 1 is 1.20 bits per heavy atom. The molecule has 0 radical (unpaired) electrons. The zero-order valence-electron chi connectivity index (χ0n) is 6.82. The summed E-state index contributed by atoms with van der Waals surface area (Å²) in [5.74, 6) is -0.542. The summed E-state index contributed by atoms with van der Waals surface area (Å²) in [5.41, 5.74) is -0.480. The zero-order valence-corrected chi connectivity index (χ0v) is 6.82. The van der Waals surface area contributed by atoms with Crippen molar-refractivity contribution in [2.75, 3.05) is 0 Å². The third-order valence-corrected chi connectivity index (χ3v) is 0.971. The number of amides is 2.